The summed E-state index contributed by atoms with van der Waals surface area (Å²) in [6.45, 7) is 3.63. The molecule has 32 heavy (non-hydrogen) atoms. The molecule has 0 aliphatic rings. The van der Waals surface area contributed by atoms with Crippen molar-refractivity contribution in [3.05, 3.63) is 71.3 Å². The fourth-order valence-corrected chi connectivity index (χ4v) is 4.74. The maximum Gasteiger partial charge on any atom is 0.242 e. The second-order valence-electron chi connectivity index (χ2n) is 8.39. The molecule has 2 heterocycles. The van der Waals surface area contributed by atoms with E-state index < -0.39 is 15.6 Å². The molecule has 0 spiro atoms. The Morgan fingerprint density at radius 2 is 1.91 bits per heavy atom. The third-order valence-corrected chi connectivity index (χ3v) is 7.09. The van der Waals surface area contributed by atoms with Gasteiger partial charge in [-0.25, -0.2) is 17.1 Å². The SMILES string of the molecule is CN(C)S(=O)(=O)c1ccc(Cc2c(C(C)(C)O)n(C/C(F)=C/C[NH3+])c3cccnc23)cc1. The van der Waals surface area contributed by atoms with Crippen LogP contribution in [0.5, 0.6) is 0 Å². The fraction of sp³-hybridized carbons (Fsp3) is 0.348. The summed E-state index contributed by atoms with van der Waals surface area (Å²) in [7, 11) is -0.548. The average Bonchev–Trinajstić information content (AvgIpc) is 3.02. The quantitative estimate of drug-likeness (QED) is 0.537. The predicted octanol–water partition coefficient (Wildman–Crippen LogP) is 2.20. The van der Waals surface area contributed by atoms with E-state index >= 15 is 0 Å². The fourth-order valence-electron chi connectivity index (χ4n) is 3.84. The lowest BCUT2D eigenvalue weighted by Crippen LogP contribution is -2.49. The van der Waals surface area contributed by atoms with Crippen LogP contribution in [-0.2, 0) is 28.6 Å². The number of aromatic nitrogens is 2. The lowest BCUT2D eigenvalue weighted by atomic mass is 9.96. The van der Waals surface area contributed by atoms with Gasteiger partial charge in [-0.1, -0.05) is 12.1 Å². The van der Waals surface area contributed by atoms with E-state index in [0.29, 0.717) is 24.2 Å². The van der Waals surface area contributed by atoms with Crippen LogP contribution in [0.15, 0.2) is 59.4 Å². The highest BCUT2D eigenvalue weighted by Crippen LogP contribution is 2.35. The van der Waals surface area contributed by atoms with Crippen LogP contribution in [0, 0.1) is 0 Å². The molecule has 0 aliphatic carbocycles. The van der Waals surface area contributed by atoms with E-state index in [9.17, 15) is 17.9 Å². The summed E-state index contributed by atoms with van der Waals surface area (Å²) >= 11 is 0. The van der Waals surface area contributed by atoms with Crippen LogP contribution in [-0.4, -0.2) is 48.0 Å². The summed E-state index contributed by atoms with van der Waals surface area (Å²) < 4.78 is 42.1. The lowest BCUT2D eigenvalue weighted by Gasteiger charge is -2.23. The molecule has 0 bridgehead atoms. The van der Waals surface area contributed by atoms with Crippen molar-refractivity contribution in [1.82, 2.24) is 13.9 Å². The molecule has 9 heteroatoms. The lowest BCUT2D eigenvalue weighted by molar-refractivity contribution is -0.353. The Morgan fingerprint density at radius 1 is 1.25 bits per heavy atom. The predicted molar refractivity (Wildman–Crippen MR) is 122 cm³/mol. The Balaban J connectivity index is 2.13. The number of halogens is 1. The number of hydrogen-bond donors (Lipinski definition) is 2. The highest BCUT2D eigenvalue weighted by molar-refractivity contribution is 7.89. The van der Waals surface area contributed by atoms with Gasteiger partial charge in [-0.3, -0.25) is 4.98 Å². The van der Waals surface area contributed by atoms with E-state index in [1.807, 2.05) is 6.07 Å². The third-order valence-electron chi connectivity index (χ3n) is 5.26. The number of nitrogens with zero attached hydrogens (tertiary/aromatic N) is 3. The van der Waals surface area contributed by atoms with Gasteiger partial charge in [-0.05, 0) is 43.7 Å². The van der Waals surface area contributed by atoms with Gasteiger partial charge < -0.3 is 15.4 Å². The monoisotopic (exact) mass is 461 g/mol. The van der Waals surface area contributed by atoms with E-state index in [2.05, 4.69) is 10.7 Å². The Labute approximate surface area is 188 Å². The molecule has 0 fully saturated rings. The Hall–Kier alpha value is -2.59. The van der Waals surface area contributed by atoms with Gasteiger partial charge in [0.25, 0.3) is 0 Å². The third kappa shape index (κ3) is 4.75. The minimum absolute atomic E-state index is 0.0307. The zero-order valence-corrected chi connectivity index (χ0v) is 19.7. The summed E-state index contributed by atoms with van der Waals surface area (Å²) in [6.07, 6.45) is 3.49. The zero-order chi connectivity index (χ0) is 23.7. The highest BCUT2D eigenvalue weighted by atomic mass is 32.2. The molecule has 0 unspecified atom stereocenters. The molecule has 3 aromatic rings. The maximum atomic E-state index is 14.5. The van der Waals surface area contributed by atoms with Crippen molar-refractivity contribution in [3.8, 4) is 0 Å². The van der Waals surface area contributed by atoms with Gasteiger partial charge >= 0.3 is 0 Å². The summed E-state index contributed by atoms with van der Waals surface area (Å²) in [5, 5.41) is 11.0. The van der Waals surface area contributed by atoms with Crippen molar-refractivity contribution in [2.24, 2.45) is 0 Å². The molecule has 0 saturated heterocycles. The minimum atomic E-state index is -3.52. The Bertz CT molecular complexity index is 1240. The molecule has 0 amide bonds. The van der Waals surface area contributed by atoms with Crippen LogP contribution < -0.4 is 5.73 Å². The van der Waals surface area contributed by atoms with Gasteiger partial charge in [-0.2, -0.15) is 0 Å². The minimum Gasteiger partial charge on any atom is -0.384 e. The van der Waals surface area contributed by atoms with Crippen molar-refractivity contribution < 1.29 is 23.6 Å². The first-order valence-corrected chi connectivity index (χ1v) is 11.7. The van der Waals surface area contributed by atoms with Gasteiger partial charge in [0.1, 0.15) is 5.83 Å². The van der Waals surface area contributed by atoms with Crippen molar-refractivity contribution >= 4 is 21.1 Å². The maximum absolute atomic E-state index is 14.5. The smallest absolute Gasteiger partial charge is 0.242 e. The topological polar surface area (TPSA) is 103 Å². The van der Waals surface area contributed by atoms with Crippen LogP contribution in [0.25, 0.3) is 11.0 Å². The van der Waals surface area contributed by atoms with Crippen LogP contribution in [0.4, 0.5) is 4.39 Å². The van der Waals surface area contributed by atoms with Gasteiger partial charge in [0, 0.05) is 38.4 Å². The number of quaternary nitrogens is 1. The van der Waals surface area contributed by atoms with Crippen LogP contribution in [0.3, 0.4) is 0 Å². The van der Waals surface area contributed by atoms with Crippen molar-refractivity contribution in [2.75, 3.05) is 20.6 Å². The van der Waals surface area contributed by atoms with E-state index in [0.717, 1.165) is 16.6 Å². The van der Waals surface area contributed by atoms with Crippen LogP contribution in [0.2, 0.25) is 0 Å². The molecule has 3 rings (SSSR count). The summed E-state index contributed by atoms with van der Waals surface area (Å²) in [5.41, 5.74) is 6.01. The number of fused-ring (bicyclic) bond motifs is 1. The van der Waals surface area contributed by atoms with Crippen molar-refractivity contribution in [2.45, 2.75) is 37.3 Å². The van der Waals surface area contributed by atoms with Crippen molar-refractivity contribution in [3.63, 3.8) is 0 Å². The molecule has 172 valence electrons. The van der Waals surface area contributed by atoms with Crippen LogP contribution >= 0.6 is 0 Å². The second kappa shape index (κ2) is 9.11. The molecule has 0 radical (unpaired) electrons. The number of aliphatic hydroxyl groups is 1. The first-order valence-electron chi connectivity index (χ1n) is 10.3. The first kappa shape index (κ1) is 24.1. The van der Waals surface area contributed by atoms with E-state index in [-0.39, 0.29) is 17.3 Å². The first-order chi connectivity index (χ1) is 15.0. The molecule has 0 aliphatic heterocycles. The number of hydrogen-bond acceptors (Lipinski definition) is 4. The Kier molecular flexibility index (Phi) is 6.85. The van der Waals surface area contributed by atoms with Gasteiger partial charge in [-0.15, -0.1) is 0 Å². The van der Waals surface area contributed by atoms with E-state index in [4.69, 9.17) is 0 Å². The number of allylic oxidation sites excluding steroid dienone is 1. The zero-order valence-electron chi connectivity index (χ0n) is 18.8. The molecule has 7 nitrogen and oxygen atoms in total. The Morgan fingerprint density at radius 3 is 2.47 bits per heavy atom. The van der Waals surface area contributed by atoms with E-state index in [1.165, 1.54) is 24.5 Å². The van der Waals surface area contributed by atoms with Crippen LogP contribution in [0.1, 0.15) is 30.7 Å². The molecule has 4 N–H and O–H groups in total. The molecule has 2 aromatic heterocycles. The van der Waals surface area contributed by atoms with E-state index in [1.54, 1.807) is 54.9 Å². The average molecular weight is 462 g/mol. The standard InChI is InChI=1S/C23H29FN4O3S/c1-23(2,29)22-19(14-16-7-9-18(10-8-16)32(30,31)27(3)4)21-20(6-5-13-26-21)28(22)15-17(24)11-12-25/h5-11,13,29H,12,14-15,25H2,1-4H3/p+1/b17-11-. The number of benzene rings is 1. The molecule has 1 aromatic carbocycles. The largest absolute Gasteiger partial charge is 0.384 e. The number of sulfonamides is 1. The van der Waals surface area contributed by atoms with Crippen molar-refractivity contribution in [1.29, 1.82) is 0 Å². The van der Waals surface area contributed by atoms with Gasteiger partial charge in [0.15, 0.2) is 0 Å². The van der Waals surface area contributed by atoms with Gasteiger partial charge in [0.2, 0.25) is 10.0 Å². The number of pyridine rings is 1. The molecular weight excluding hydrogens is 431 g/mol. The summed E-state index contributed by atoms with van der Waals surface area (Å²) in [6, 6.07) is 10.3. The second-order valence-corrected chi connectivity index (χ2v) is 10.5. The molecular formula is C23H30FN4O3S+. The highest BCUT2D eigenvalue weighted by Gasteiger charge is 2.29. The normalized spacial score (nSPS) is 13.3. The summed E-state index contributed by atoms with van der Waals surface area (Å²) in [5.74, 6) is -0.337. The van der Waals surface area contributed by atoms with Gasteiger partial charge in [0.05, 0.1) is 40.3 Å². The molecule has 0 saturated carbocycles. The summed E-state index contributed by atoms with van der Waals surface area (Å²) in [4.78, 5) is 4.72. The molecule has 0 atom stereocenters. The number of rotatable bonds is 8.